The van der Waals surface area contributed by atoms with E-state index in [0.29, 0.717) is 31.7 Å². The molecule has 29 heavy (non-hydrogen) atoms. The molecule has 1 atom stereocenters. The van der Waals surface area contributed by atoms with Gasteiger partial charge >= 0.3 is 0 Å². The summed E-state index contributed by atoms with van der Waals surface area (Å²) in [5.74, 6) is -2.80. The number of carbonyl (C=O) groups excluding carboxylic acids is 3. The summed E-state index contributed by atoms with van der Waals surface area (Å²) >= 11 is 0. The highest BCUT2D eigenvalue weighted by atomic mass is 19.1. The van der Waals surface area contributed by atoms with Crippen LogP contribution < -0.4 is 5.73 Å². The van der Waals surface area contributed by atoms with E-state index in [0.717, 1.165) is 0 Å². The number of carbonyl (C=O) groups is 3. The molecule has 0 bridgehead atoms. The van der Waals surface area contributed by atoms with Crippen molar-refractivity contribution in [1.82, 2.24) is 19.6 Å². The summed E-state index contributed by atoms with van der Waals surface area (Å²) in [5.41, 5.74) is 5.88. The van der Waals surface area contributed by atoms with E-state index in [-0.39, 0.29) is 18.1 Å². The number of aliphatic hydroxyl groups is 1. The Kier molecular flexibility index (Phi) is 5.73. The predicted octanol–water partition coefficient (Wildman–Crippen LogP) is -0.198. The van der Waals surface area contributed by atoms with Crippen molar-refractivity contribution in [3.8, 4) is 0 Å². The Hall–Kier alpha value is -3.14. The molecule has 0 aromatic heterocycles. The number of likely N-dealkylation sites (N-methyl/N-ethyl adjacent to an activating group) is 1. The van der Waals surface area contributed by atoms with Gasteiger partial charge in [0.1, 0.15) is 5.82 Å². The lowest BCUT2D eigenvalue weighted by molar-refractivity contribution is -0.154. The van der Waals surface area contributed by atoms with Crippen LogP contribution >= 0.6 is 0 Å². The van der Waals surface area contributed by atoms with Gasteiger partial charge in [-0.25, -0.2) is 4.39 Å². The summed E-state index contributed by atoms with van der Waals surface area (Å²) in [7, 11) is 1.52. The summed E-state index contributed by atoms with van der Waals surface area (Å²) in [4.78, 5) is 42.8. The summed E-state index contributed by atoms with van der Waals surface area (Å²) in [6.07, 6.45) is -0.694. The molecule has 1 fully saturated rings. The Morgan fingerprint density at radius 3 is 2.28 bits per heavy atom. The Bertz CT molecular complexity index is 849. The number of aliphatic hydroxyl groups excluding tert-OH is 1. The Balaban J connectivity index is 1.96. The molecule has 2 heterocycles. The first kappa shape index (κ1) is 20.6. The molecule has 0 aliphatic carbocycles. The molecule has 1 aromatic carbocycles. The standard InChI is InChI=1S/C19H24FN5O4/c1-12(26)23-7-9-24(10-8-23)19-22(2)18(29)16(27)15(17(21)28)25(19)11-13-3-5-14(20)6-4-13/h3-6,19,27H,7-11H2,1-2H3,(H2,21,28). The fourth-order valence-corrected chi connectivity index (χ4v) is 3.75. The average molecular weight is 405 g/mol. The summed E-state index contributed by atoms with van der Waals surface area (Å²) in [5, 5.41) is 10.3. The minimum atomic E-state index is -0.932. The van der Waals surface area contributed by atoms with Crippen LogP contribution in [0.15, 0.2) is 35.7 Å². The largest absolute Gasteiger partial charge is 0.501 e. The number of halogens is 1. The molecule has 9 nitrogen and oxygen atoms in total. The number of rotatable bonds is 4. The maximum Gasteiger partial charge on any atom is 0.293 e. The molecule has 0 saturated carbocycles. The molecular formula is C19H24FN5O4. The van der Waals surface area contributed by atoms with Crippen LogP contribution in [-0.2, 0) is 20.9 Å². The Labute approximate surface area is 167 Å². The van der Waals surface area contributed by atoms with Crippen molar-refractivity contribution in [3.63, 3.8) is 0 Å². The molecule has 3 N–H and O–H groups in total. The quantitative estimate of drug-likeness (QED) is 0.718. The van der Waals surface area contributed by atoms with Crippen molar-refractivity contribution in [2.75, 3.05) is 33.2 Å². The zero-order chi connectivity index (χ0) is 21.3. The van der Waals surface area contributed by atoms with E-state index >= 15 is 0 Å². The molecule has 1 unspecified atom stereocenters. The number of benzene rings is 1. The van der Waals surface area contributed by atoms with Crippen molar-refractivity contribution in [2.45, 2.75) is 19.8 Å². The highest BCUT2D eigenvalue weighted by Gasteiger charge is 2.43. The average Bonchev–Trinajstić information content (AvgIpc) is 2.68. The maximum atomic E-state index is 13.3. The van der Waals surface area contributed by atoms with Gasteiger partial charge < -0.3 is 25.5 Å². The van der Waals surface area contributed by atoms with Gasteiger partial charge in [0.15, 0.2) is 12.0 Å². The molecule has 1 aromatic rings. The predicted molar refractivity (Wildman–Crippen MR) is 101 cm³/mol. The zero-order valence-electron chi connectivity index (χ0n) is 16.3. The van der Waals surface area contributed by atoms with Crippen LogP contribution in [-0.4, -0.2) is 81.9 Å². The van der Waals surface area contributed by atoms with E-state index in [1.165, 1.54) is 35.9 Å². The lowest BCUT2D eigenvalue weighted by Crippen LogP contribution is -2.65. The van der Waals surface area contributed by atoms with Gasteiger partial charge in [0.25, 0.3) is 11.8 Å². The van der Waals surface area contributed by atoms with Gasteiger partial charge in [0.05, 0.1) is 0 Å². The number of primary amides is 1. The number of nitrogens with zero attached hydrogens (tertiary/aromatic N) is 4. The third kappa shape index (κ3) is 4.02. The monoisotopic (exact) mass is 405 g/mol. The molecule has 156 valence electrons. The van der Waals surface area contributed by atoms with Crippen molar-refractivity contribution in [3.05, 3.63) is 47.1 Å². The first-order valence-corrected chi connectivity index (χ1v) is 9.21. The number of amides is 3. The van der Waals surface area contributed by atoms with Gasteiger partial charge in [0, 0.05) is 46.7 Å². The van der Waals surface area contributed by atoms with E-state index in [9.17, 15) is 23.9 Å². The topological polar surface area (TPSA) is 110 Å². The lowest BCUT2D eigenvalue weighted by Gasteiger charge is -2.50. The Morgan fingerprint density at radius 1 is 1.17 bits per heavy atom. The van der Waals surface area contributed by atoms with Crippen molar-refractivity contribution < 1.29 is 23.9 Å². The number of hydrogen-bond donors (Lipinski definition) is 2. The van der Waals surface area contributed by atoms with Crippen LogP contribution in [0.1, 0.15) is 12.5 Å². The van der Waals surface area contributed by atoms with Crippen LogP contribution in [0.3, 0.4) is 0 Å². The SMILES string of the molecule is CC(=O)N1CCN(C2N(C)C(=O)C(O)=C(C(N)=O)N2Cc2ccc(F)cc2)CC1. The second kappa shape index (κ2) is 8.08. The molecule has 3 amide bonds. The summed E-state index contributed by atoms with van der Waals surface area (Å²) in [6, 6.07) is 5.71. The fourth-order valence-electron chi connectivity index (χ4n) is 3.75. The van der Waals surface area contributed by atoms with Crippen molar-refractivity contribution >= 4 is 17.7 Å². The number of piperazine rings is 1. The van der Waals surface area contributed by atoms with E-state index in [1.807, 2.05) is 4.90 Å². The van der Waals surface area contributed by atoms with E-state index in [4.69, 9.17) is 5.73 Å². The second-order valence-corrected chi connectivity index (χ2v) is 7.12. The Morgan fingerprint density at radius 2 is 1.76 bits per heavy atom. The van der Waals surface area contributed by atoms with Crippen LogP contribution in [0.2, 0.25) is 0 Å². The second-order valence-electron chi connectivity index (χ2n) is 7.12. The van der Waals surface area contributed by atoms with E-state index < -0.39 is 29.7 Å². The van der Waals surface area contributed by atoms with Gasteiger partial charge in [-0.3, -0.25) is 19.3 Å². The minimum absolute atomic E-state index is 0.0312. The molecule has 2 aliphatic heterocycles. The highest BCUT2D eigenvalue weighted by molar-refractivity contribution is 6.03. The highest BCUT2D eigenvalue weighted by Crippen LogP contribution is 2.28. The van der Waals surface area contributed by atoms with Gasteiger partial charge in [-0.15, -0.1) is 0 Å². The molecule has 2 aliphatic rings. The van der Waals surface area contributed by atoms with Gasteiger partial charge in [-0.1, -0.05) is 12.1 Å². The van der Waals surface area contributed by atoms with Crippen LogP contribution in [0.5, 0.6) is 0 Å². The van der Waals surface area contributed by atoms with Gasteiger partial charge in [-0.05, 0) is 17.7 Å². The van der Waals surface area contributed by atoms with Crippen LogP contribution in [0.25, 0.3) is 0 Å². The smallest absolute Gasteiger partial charge is 0.293 e. The lowest BCUT2D eigenvalue weighted by atomic mass is 10.1. The first-order valence-electron chi connectivity index (χ1n) is 9.21. The maximum absolute atomic E-state index is 13.3. The van der Waals surface area contributed by atoms with Gasteiger partial charge in [-0.2, -0.15) is 0 Å². The third-order valence-electron chi connectivity index (χ3n) is 5.25. The molecule has 1 saturated heterocycles. The third-order valence-corrected chi connectivity index (χ3v) is 5.25. The molecule has 3 rings (SSSR count). The van der Waals surface area contributed by atoms with E-state index in [1.54, 1.807) is 17.0 Å². The summed E-state index contributed by atoms with van der Waals surface area (Å²) < 4.78 is 13.3. The zero-order valence-corrected chi connectivity index (χ0v) is 16.3. The molecular weight excluding hydrogens is 381 g/mol. The first-order chi connectivity index (χ1) is 13.7. The fraction of sp³-hybridized carbons (Fsp3) is 0.421. The minimum Gasteiger partial charge on any atom is -0.501 e. The number of nitrogens with two attached hydrogens (primary N) is 1. The summed E-state index contributed by atoms with van der Waals surface area (Å²) in [6.45, 7) is 3.50. The van der Waals surface area contributed by atoms with Crippen molar-refractivity contribution in [2.24, 2.45) is 5.73 Å². The van der Waals surface area contributed by atoms with Gasteiger partial charge in [0.2, 0.25) is 11.7 Å². The normalized spacial score (nSPS) is 21.0. The van der Waals surface area contributed by atoms with Crippen LogP contribution in [0, 0.1) is 5.82 Å². The molecule has 10 heteroatoms. The number of hydrogen-bond acceptors (Lipinski definition) is 6. The van der Waals surface area contributed by atoms with Crippen molar-refractivity contribution in [1.29, 1.82) is 0 Å². The molecule has 0 radical (unpaired) electrons. The van der Waals surface area contributed by atoms with E-state index in [2.05, 4.69) is 0 Å². The molecule has 0 spiro atoms. The van der Waals surface area contributed by atoms with Crippen LogP contribution in [0.4, 0.5) is 4.39 Å².